The number of rotatable bonds is 14. The van der Waals surface area contributed by atoms with Gasteiger partial charge in [-0.05, 0) is 0 Å². The third kappa shape index (κ3) is 8.78. The smallest absolute Gasteiger partial charge is 0.388 e. The van der Waals surface area contributed by atoms with Gasteiger partial charge in [0.2, 0.25) is 0 Å². The SMILES string of the molecule is O=C[C@H](O)[C@@H](O)[C@H](O)[C@H](O)COP(=O)(O)OC[C@@H](O)[C@@H](O)[C@H](O)[C@@H](O)C=O. The first-order valence-electron chi connectivity index (χ1n) is 7.35. The first kappa shape index (κ1) is 26.1. The molecule has 14 nitrogen and oxygen atoms in total. The summed E-state index contributed by atoms with van der Waals surface area (Å²) in [5, 5.41) is 74.5. The Morgan fingerprint density at radius 3 is 1.22 bits per heavy atom. The van der Waals surface area contributed by atoms with Crippen LogP contribution in [0.15, 0.2) is 0 Å². The van der Waals surface area contributed by atoms with Gasteiger partial charge in [0.1, 0.15) is 48.8 Å². The van der Waals surface area contributed by atoms with Crippen LogP contribution >= 0.6 is 7.82 Å². The molecule has 0 aromatic carbocycles. The monoisotopic (exact) mass is 422 g/mol. The van der Waals surface area contributed by atoms with Crippen molar-refractivity contribution >= 4 is 20.4 Å². The van der Waals surface area contributed by atoms with E-state index in [1.54, 1.807) is 0 Å². The van der Waals surface area contributed by atoms with Crippen LogP contribution in [0.3, 0.4) is 0 Å². The summed E-state index contributed by atoms with van der Waals surface area (Å²) >= 11 is 0. The predicted molar refractivity (Wildman–Crippen MR) is 81.9 cm³/mol. The summed E-state index contributed by atoms with van der Waals surface area (Å²) in [4.78, 5) is 29.9. The van der Waals surface area contributed by atoms with Crippen LogP contribution in [0, 0.1) is 0 Å². The van der Waals surface area contributed by atoms with Crippen molar-refractivity contribution in [2.75, 3.05) is 13.2 Å². The molecule has 0 fully saturated rings. The highest BCUT2D eigenvalue weighted by Crippen LogP contribution is 2.43. The highest BCUT2D eigenvalue weighted by atomic mass is 31.2. The first-order chi connectivity index (χ1) is 12.4. The second kappa shape index (κ2) is 11.9. The summed E-state index contributed by atoms with van der Waals surface area (Å²) in [5.41, 5.74) is 0. The van der Waals surface area contributed by atoms with Crippen LogP contribution in [0.1, 0.15) is 0 Å². The Labute approximate surface area is 152 Å². The number of aliphatic hydroxyl groups is 8. The quantitative estimate of drug-likeness (QED) is 0.0935. The maximum Gasteiger partial charge on any atom is 0.472 e. The van der Waals surface area contributed by atoms with Crippen LogP contribution in [-0.4, -0.2) is 120 Å². The molecular weight excluding hydrogens is 399 g/mol. The topological polar surface area (TPSA) is 252 Å². The molecule has 9 N–H and O–H groups in total. The standard InChI is InChI=1S/C12H23O14P/c13-1-5(15)9(19)11(21)7(17)3-25-27(23,24)26-4-8(18)12(22)10(20)6(16)2-14/h1-2,5-12,15-22H,3-4H2,(H,23,24)/t5-,6-,7+,8+,9+,10+,11+,12+/m0/s1. The third-order valence-electron chi connectivity index (χ3n) is 3.28. The van der Waals surface area contributed by atoms with E-state index in [0.717, 1.165) is 0 Å². The Bertz CT molecular complexity index is 462. The Morgan fingerprint density at radius 1 is 0.667 bits per heavy atom. The van der Waals surface area contributed by atoms with Gasteiger partial charge in [0.15, 0.2) is 12.6 Å². The average molecular weight is 422 g/mol. The van der Waals surface area contributed by atoms with Gasteiger partial charge in [-0.2, -0.15) is 0 Å². The minimum atomic E-state index is -4.97. The Hall–Kier alpha value is -0.870. The van der Waals surface area contributed by atoms with Crippen molar-refractivity contribution < 1.29 is 68.9 Å². The van der Waals surface area contributed by atoms with Gasteiger partial charge in [-0.3, -0.25) is 9.05 Å². The van der Waals surface area contributed by atoms with E-state index in [1.165, 1.54) is 0 Å². The number of carbonyl (C=O) groups excluding carboxylic acids is 2. The van der Waals surface area contributed by atoms with Gasteiger partial charge in [0, 0.05) is 0 Å². The normalized spacial score (nSPS) is 23.1. The second-order valence-electron chi connectivity index (χ2n) is 5.41. The lowest BCUT2D eigenvalue weighted by Crippen LogP contribution is -2.47. The number of phosphoric ester groups is 1. The lowest BCUT2D eigenvalue weighted by Gasteiger charge is -2.26. The molecule has 0 radical (unpaired) electrons. The van der Waals surface area contributed by atoms with Gasteiger partial charge < -0.3 is 55.3 Å². The third-order valence-corrected chi connectivity index (χ3v) is 4.23. The highest BCUT2D eigenvalue weighted by molar-refractivity contribution is 7.47. The zero-order valence-electron chi connectivity index (χ0n) is 13.7. The fraction of sp³-hybridized carbons (Fsp3) is 0.833. The molecule has 0 aromatic heterocycles. The molecule has 160 valence electrons. The van der Waals surface area contributed by atoms with Gasteiger partial charge in [0.25, 0.3) is 0 Å². The van der Waals surface area contributed by atoms with E-state index < -0.39 is 69.9 Å². The minimum absolute atomic E-state index is 0.121. The van der Waals surface area contributed by atoms with E-state index in [9.17, 15) is 49.7 Å². The summed E-state index contributed by atoms with van der Waals surface area (Å²) in [7, 11) is -4.97. The molecule has 0 aliphatic carbocycles. The first-order valence-corrected chi connectivity index (χ1v) is 8.84. The van der Waals surface area contributed by atoms with Gasteiger partial charge in [-0.25, -0.2) is 4.57 Å². The zero-order valence-corrected chi connectivity index (χ0v) is 14.6. The molecule has 0 heterocycles. The maximum absolute atomic E-state index is 11.6. The number of hydrogen-bond donors (Lipinski definition) is 9. The van der Waals surface area contributed by atoms with E-state index in [1.807, 2.05) is 0 Å². The molecule has 0 saturated heterocycles. The van der Waals surface area contributed by atoms with Gasteiger partial charge in [0.05, 0.1) is 13.2 Å². The Morgan fingerprint density at radius 2 is 0.963 bits per heavy atom. The maximum atomic E-state index is 11.6. The lowest BCUT2D eigenvalue weighted by molar-refractivity contribution is -0.137. The van der Waals surface area contributed by atoms with Crippen LogP contribution in [-0.2, 0) is 23.2 Å². The van der Waals surface area contributed by atoms with E-state index in [-0.39, 0.29) is 12.6 Å². The van der Waals surface area contributed by atoms with Crippen molar-refractivity contribution in [3.05, 3.63) is 0 Å². The van der Waals surface area contributed by atoms with E-state index in [2.05, 4.69) is 9.05 Å². The van der Waals surface area contributed by atoms with Crippen molar-refractivity contribution in [3.8, 4) is 0 Å². The molecular formula is C12H23O14P. The van der Waals surface area contributed by atoms with Gasteiger partial charge >= 0.3 is 7.82 Å². The molecule has 0 spiro atoms. The summed E-state index contributed by atoms with van der Waals surface area (Å²) in [5.74, 6) is 0. The number of aliphatic hydroxyl groups excluding tert-OH is 8. The van der Waals surface area contributed by atoms with Crippen LogP contribution in [0.4, 0.5) is 0 Å². The second-order valence-corrected chi connectivity index (χ2v) is 6.86. The zero-order chi connectivity index (χ0) is 21.4. The van der Waals surface area contributed by atoms with Gasteiger partial charge in [-0.1, -0.05) is 0 Å². The summed E-state index contributed by atoms with van der Waals surface area (Å²) in [6, 6.07) is 0. The van der Waals surface area contributed by atoms with Crippen molar-refractivity contribution in [1.29, 1.82) is 0 Å². The highest BCUT2D eigenvalue weighted by Gasteiger charge is 2.35. The summed E-state index contributed by atoms with van der Waals surface area (Å²) in [6.45, 7) is -2.22. The fourth-order valence-corrected chi connectivity index (χ4v) is 2.35. The molecule has 0 aliphatic rings. The fourth-order valence-electron chi connectivity index (χ4n) is 1.60. The summed E-state index contributed by atoms with van der Waals surface area (Å²) in [6.07, 6.45) is -16.8. The molecule has 0 aromatic rings. The molecule has 0 aliphatic heterocycles. The lowest BCUT2D eigenvalue weighted by atomic mass is 10.0. The van der Waals surface area contributed by atoms with Crippen molar-refractivity contribution in [2.24, 2.45) is 0 Å². The van der Waals surface area contributed by atoms with Gasteiger partial charge in [-0.15, -0.1) is 0 Å². The molecule has 15 heteroatoms. The summed E-state index contributed by atoms with van der Waals surface area (Å²) < 4.78 is 20.1. The number of phosphoric acid groups is 1. The van der Waals surface area contributed by atoms with Crippen LogP contribution in [0.25, 0.3) is 0 Å². The van der Waals surface area contributed by atoms with E-state index >= 15 is 0 Å². The van der Waals surface area contributed by atoms with Crippen molar-refractivity contribution in [3.63, 3.8) is 0 Å². The molecule has 0 amide bonds. The Balaban J connectivity index is 4.54. The Kier molecular flexibility index (Phi) is 11.5. The largest absolute Gasteiger partial charge is 0.472 e. The molecule has 0 unspecified atom stereocenters. The molecule has 0 bridgehead atoms. The molecule has 0 rings (SSSR count). The minimum Gasteiger partial charge on any atom is -0.388 e. The van der Waals surface area contributed by atoms with Crippen molar-refractivity contribution in [1.82, 2.24) is 0 Å². The van der Waals surface area contributed by atoms with Crippen molar-refractivity contribution in [2.45, 2.75) is 48.8 Å². The molecule has 8 atom stereocenters. The number of hydrogen-bond acceptors (Lipinski definition) is 13. The molecule has 0 saturated carbocycles. The molecule has 27 heavy (non-hydrogen) atoms. The predicted octanol–water partition coefficient (Wildman–Crippen LogP) is -5.59. The van der Waals surface area contributed by atoms with E-state index in [4.69, 9.17) is 10.2 Å². The van der Waals surface area contributed by atoms with Crippen LogP contribution in [0.2, 0.25) is 0 Å². The number of carbonyl (C=O) groups is 2. The average Bonchev–Trinajstić information content (AvgIpc) is 2.66. The van der Waals surface area contributed by atoms with E-state index in [0.29, 0.717) is 0 Å². The van der Waals surface area contributed by atoms with Crippen LogP contribution in [0.5, 0.6) is 0 Å². The van der Waals surface area contributed by atoms with Crippen LogP contribution < -0.4 is 0 Å². The number of aldehydes is 2.